The van der Waals surface area contributed by atoms with E-state index in [1.165, 1.54) is 0 Å². The summed E-state index contributed by atoms with van der Waals surface area (Å²) in [4.78, 5) is 22.5. The van der Waals surface area contributed by atoms with Crippen molar-refractivity contribution >= 4 is 17.7 Å². The van der Waals surface area contributed by atoms with Crippen LogP contribution in [-0.2, 0) is 0 Å². The maximum atomic E-state index is 13.7. The van der Waals surface area contributed by atoms with Crippen molar-refractivity contribution in [3.8, 4) is 0 Å². The minimum absolute atomic E-state index is 0.216. The number of hydrogen-bond donors (Lipinski definition) is 3. The van der Waals surface area contributed by atoms with Gasteiger partial charge in [0, 0.05) is 6.54 Å². The SMILES string of the molecule is O=C(O)NCCCC(=NNC(=O)c1cc(F)ccc1F)c1ccccc1. The minimum atomic E-state index is -1.13. The molecule has 0 atom stereocenters. The summed E-state index contributed by atoms with van der Waals surface area (Å²) < 4.78 is 26.9. The van der Waals surface area contributed by atoms with E-state index in [1.807, 2.05) is 6.07 Å². The van der Waals surface area contributed by atoms with Crippen LogP contribution in [0.5, 0.6) is 0 Å². The van der Waals surface area contributed by atoms with Crippen LogP contribution in [-0.4, -0.2) is 29.4 Å². The van der Waals surface area contributed by atoms with Gasteiger partial charge in [0.2, 0.25) is 0 Å². The first kappa shape index (κ1) is 19.0. The second-order valence-corrected chi connectivity index (χ2v) is 5.33. The zero-order chi connectivity index (χ0) is 18.9. The second kappa shape index (κ2) is 9.26. The number of benzene rings is 2. The Bertz CT molecular complexity index is 811. The molecule has 2 rings (SSSR count). The van der Waals surface area contributed by atoms with E-state index in [9.17, 15) is 18.4 Å². The van der Waals surface area contributed by atoms with Gasteiger partial charge in [0.25, 0.3) is 5.91 Å². The predicted octanol–water partition coefficient (Wildman–Crippen LogP) is 3.15. The van der Waals surface area contributed by atoms with Gasteiger partial charge in [-0.2, -0.15) is 5.10 Å². The van der Waals surface area contributed by atoms with Gasteiger partial charge in [0.1, 0.15) is 11.6 Å². The third kappa shape index (κ3) is 5.66. The smallest absolute Gasteiger partial charge is 0.404 e. The Morgan fingerprint density at radius 2 is 1.81 bits per heavy atom. The number of carbonyl (C=O) groups is 2. The van der Waals surface area contributed by atoms with Crippen LogP contribution in [0.1, 0.15) is 28.8 Å². The molecule has 0 saturated heterocycles. The lowest BCUT2D eigenvalue weighted by molar-refractivity contribution is 0.0950. The number of rotatable bonds is 7. The molecule has 2 aromatic carbocycles. The van der Waals surface area contributed by atoms with Crippen LogP contribution in [0.3, 0.4) is 0 Å². The largest absolute Gasteiger partial charge is 0.465 e. The van der Waals surface area contributed by atoms with Gasteiger partial charge in [-0.3, -0.25) is 4.79 Å². The maximum Gasteiger partial charge on any atom is 0.404 e. The number of nitrogens with zero attached hydrogens (tertiary/aromatic N) is 1. The first-order valence-corrected chi connectivity index (χ1v) is 7.81. The number of nitrogens with one attached hydrogen (secondary N) is 2. The van der Waals surface area contributed by atoms with Crippen molar-refractivity contribution in [3.63, 3.8) is 0 Å². The molecule has 0 unspecified atom stereocenters. The standard InChI is InChI=1S/C18H17F2N3O3/c19-13-8-9-15(20)14(11-13)17(24)23-22-16(7-4-10-21-18(25)26)12-5-2-1-3-6-12/h1-3,5-6,8-9,11,21H,4,7,10H2,(H,23,24)(H,25,26). The summed E-state index contributed by atoms with van der Waals surface area (Å²) in [6.07, 6.45) is -0.307. The van der Waals surface area contributed by atoms with Crippen LogP contribution >= 0.6 is 0 Å². The van der Waals surface area contributed by atoms with Gasteiger partial charge >= 0.3 is 6.09 Å². The molecule has 3 N–H and O–H groups in total. The van der Waals surface area contributed by atoms with Gasteiger partial charge in [-0.1, -0.05) is 30.3 Å². The highest BCUT2D eigenvalue weighted by atomic mass is 19.1. The third-order valence-electron chi connectivity index (χ3n) is 3.44. The number of amides is 2. The normalized spacial score (nSPS) is 11.1. The first-order chi connectivity index (χ1) is 12.5. The third-order valence-corrected chi connectivity index (χ3v) is 3.44. The zero-order valence-corrected chi connectivity index (χ0v) is 13.7. The monoisotopic (exact) mass is 361 g/mol. The summed E-state index contributed by atoms with van der Waals surface area (Å²) in [7, 11) is 0. The highest BCUT2D eigenvalue weighted by molar-refractivity contribution is 6.02. The summed E-state index contributed by atoms with van der Waals surface area (Å²) in [5, 5.41) is 14.8. The summed E-state index contributed by atoms with van der Waals surface area (Å²) in [6, 6.07) is 11.5. The van der Waals surface area contributed by atoms with Gasteiger partial charge in [-0.15, -0.1) is 0 Å². The Labute approximate surface area is 148 Å². The molecule has 0 saturated carbocycles. The predicted molar refractivity (Wildman–Crippen MR) is 92.1 cm³/mol. The summed E-state index contributed by atoms with van der Waals surface area (Å²) in [6.45, 7) is 0.216. The summed E-state index contributed by atoms with van der Waals surface area (Å²) in [5.41, 5.74) is 2.98. The lowest BCUT2D eigenvalue weighted by atomic mass is 10.1. The molecule has 136 valence electrons. The molecule has 26 heavy (non-hydrogen) atoms. The van der Waals surface area contributed by atoms with E-state index in [1.54, 1.807) is 24.3 Å². The Kier molecular flexibility index (Phi) is 6.78. The van der Waals surface area contributed by atoms with Crippen molar-refractivity contribution in [3.05, 3.63) is 71.3 Å². The van der Waals surface area contributed by atoms with Crippen molar-refractivity contribution in [2.24, 2.45) is 5.10 Å². The van der Waals surface area contributed by atoms with Crippen LogP contribution in [0.2, 0.25) is 0 Å². The molecule has 0 bridgehead atoms. The van der Waals surface area contributed by atoms with E-state index in [2.05, 4.69) is 15.8 Å². The minimum Gasteiger partial charge on any atom is -0.465 e. The van der Waals surface area contributed by atoms with Gasteiger partial charge in [0.05, 0.1) is 11.3 Å². The van der Waals surface area contributed by atoms with Gasteiger partial charge < -0.3 is 10.4 Å². The summed E-state index contributed by atoms with van der Waals surface area (Å²) >= 11 is 0. The molecule has 0 heterocycles. The van der Waals surface area contributed by atoms with Crippen molar-refractivity contribution < 1.29 is 23.5 Å². The van der Waals surface area contributed by atoms with Crippen LogP contribution in [0.4, 0.5) is 13.6 Å². The maximum absolute atomic E-state index is 13.7. The number of hydrazone groups is 1. The topological polar surface area (TPSA) is 90.8 Å². The fourth-order valence-electron chi connectivity index (χ4n) is 2.20. The fraction of sp³-hybridized carbons (Fsp3) is 0.167. The molecule has 0 aliphatic rings. The second-order valence-electron chi connectivity index (χ2n) is 5.33. The van der Waals surface area contributed by atoms with Crippen molar-refractivity contribution in [1.29, 1.82) is 0 Å². The van der Waals surface area contributed by atoms with Crippen molar-refractivity contribution in [2.75, 3.05) is 6.54 Å². The molecule has 0 aromatic heterocycles. The van der Waals surface area contributed by atoms with E-state index in [4.69, 9.17) is 5.11 Å². The van der Waals surface area contributed by atoms with E-state index in [0.29, 0.717) is 18.6 Å². The van der Waals surface area contributed by atoms with Crippen molar-refractivity contribution in [2.45, 2.75) is 12.8 Å². The van der Waals surface area contributed by atoms with E-state index in [-0.39, 0.29) is 6.54 Å². The average Bonchev–Trinajstić information content (AvgIpc) is 2.63. The Hall–Kier alpha value is -3.29. The van der Waals surface area contributed by atoms with E-state index >= 15 is 0 Å². The fourth-order valence-corrected chi connectivity index (χ4v) is 2.20. The highest BCUT2D eigenvalue weighted by Crippen LogP contribution is 2.10. The number of hydrogen-bond acceptors (Lipinski definition) is 3. The Balaban J connectivity index is 2.12. The molecule has 0 aliphatic heterocycles. The molecule has 2 aromatic rings. The molecular weight excluding hydrogens is 344 g/mol. The van der Waals surface area contributed by atoms with Crippen LogP contribution < -0.4 is 10.7 Å². The van der Waals surface area contributed by atoms with E-state index in [0.717, 1.165) is 23.8 Å². The summed E-state index contributed by atoms with van der Waals surface area (Å²) in [5.74, 6) is -2.46. The van der Waals surface area contributed by atoms with Gasteiger partial charge in [-0.25, -0.2) is 19.0 Å². The molecule has 8 heteroatoms. The Morgan fingerprint density at radius 1 is 1.08 bits per heavy atom. The van der Waals surface area contributed by atoms with Gasteiger partial charge in [0.15, 0.2) is 0 Å². The molecular formula is C18H17F2N3O3. The quantitative estimate of drug-likeness (QED) is 0.402. The molecule has 0 aliphatic carbocycles. The van der Waals surface area contributed by atoms with Crippen molar-refractivity contribution in [1.82, 2.24) is 10.7 Å². The average molecular weight is 361 g/mol. The van der Waals surface area contributed by atoms with E-state index < -0.39 is 29.2 Å². The molecule has 6 nitrogen and oxygen atoms in total. The van der Waals surface area contributed by atoms with Crippen LogP contribution in [0, 0.1) is 11.6 Å². The van der Waals surface area contributed by atoms with Gasteiger partial charge in [-0.05, 0) is 36.6 Å². The van der Waals surface area contributed by atoms with Crippen LogP contribution in [0.15, 0.2) is 53.6 Å². The van der Waals surface area contributed by atoms with Crippen LogP contribution in [0.25, 0.3) is 0 Å². The highest BCUT2D eigenvalue weighted by Gasteiger charge is 2.13. The number of carboxylic acid groups (broad SMARTS) is 1. The molecule has 0 fully saturated rings. The lowest BCUT2D eigenvalue weighted by Gasteiger charge is -2.08. The lowest BCUT2D eigenvalue weighted by Crippen LogP contribution is -2.24. The number of carbonyl (C=O) groups excluding carboxylic acids is 1. The number of halogens is 2. The Morgan fingerprint density at radius 3 is 2.50 bits per heavy atom. The molecule has 0 radical (unpaired) electrons. The molecule has 2 amide bonds. The zero-order valence-electron chi connectivity index (χ0n) is 13.7. The first-order valence-electron chi connectivity index (χ1n) is 7.81. The molecule has 0 spiro atoms.